The van der Waals surface area contributed by atoms with Crippen molar-refractivity contribution in [1.82, 2.24) is 9.97 Å². The van der Waals surface area contributed by atoms with Gasteiger partial charge in [0, 0.05) is 24.0 Å². The largest absolute Gasteiger partial charge is 0.330 e. The number of aromatic nitrogens is 2. The highest BCUT2D eigenvalue weighted by Crippen LogP contribution is 2.24. The number of rotatable bonds is 7. The molecule has 0 saturated heterocycles. The Bertz CT molecular complexity index is 574. The molecule has 2 N–H and O–H groups in total. The lowest BCUT2D eigenvalue weighted by atomic mass is 10.2. The molecule has 5 heteroatoms. The van der Waals surface area contributed by atoms with Gasteiger partial charge in [-0.05, 0) is 37.6 Å². The van der Waals surface area contributed by atoms with E-state index in [4.69, 9.17) is 5.73 Å². The van der Waals surface area contributed by atoms with Crippen LogP contribution in [0.4, 0.5) is 15.9 Å². The van der Waals surface area contributed by atoms with E-state index in [0.717, 1.165) is 36.5 Å². The fourth-order valence-electron chi connectivity index (χ4n) is 2.20. The zero-order chi connectivity index (χ0) is 15.1. The van der Waals surface area contributed by atoms with E-state index in [0.29, 0.717) is 13.1 Å². The summed E-state index contributed by atoms with van der Waals surface area (Å²) in [4.78, 5) is 10.6. The highest BCUT2D eigenvalue weighted by atomic mass is 19.1. The second-order valence-corrected chi connectivity index (χ2v) is 4.89. The van der Waals surface area contributed by atoms with E-state index < -0.39 is 0 Å². The first-order valence-corrected chi connectivity index (χ1v) is 7.28. The van der Waals surface area contributed by atoms with Crippen molar-refractivity contribution in [2.75, 3.05) is 18.0 Å². The van der Waals surface area contributed by atoms with Gasteiger partial charge < -0.3 is 10.6 Å². The summed E-state index contributed by atoms with van der Waals surface area (Å²) in [6.45, 7) is 3.39. The van der Waals surface area contributed by atoms with Crippen LogP contribution in [-0.4, -0.2) is 23.1 Å². The number of hydrogen-bond donors (Lipinski definition) is 1. The topological polar surface area (TPSA) is 55.0 Å². The first kappa shape index (κ1) is 15.4. The molecule has 21 heavy (non-hydrogen) atoms. The number of hydrogen-bond acceptors (Lipinski definition) is 4. The van der Waals surface area contributed by atoms with E-state index in [1.165, 1.54) is 12.1 Å². The van der Waals surface area contributed by atoms with E-state index in [2.05, 4.69) is 16.9 Å². The van der Waals surface area contributed by atoms with Gasteiger partial charge in [-0.25, -0.2) is 14.4 Å². The molecule has 2 rings (SSSR count). The highest BCUT2D eigenvalue weighted by Gasteiger charge is 2.12. The molecular formula is C16H21FN4. The maximum Gasteiger partial charge on any atom is 0.136 e. The van der Waals surface area contributed by atoms with Crippen LogP contribution in [0.1, 0.15) is 25.5 Å². The Morgan fingerprint density at radius 3 is 2.81 bits per heavy atom. The fraction of sp³-hybridized carbons (Fsp3) is 0.375. The number of halogens is 1. The lowest BCUT2D eigenvalue weighted by Gasteiger charge is -2.24. The second kappa shape index (κ2) is 7.69. The monoisotopic (exact) mass is 288 g/mol. The molecule has 0 aliphatic heterocycles. The van der Waals surface area contributed by atoms with Gasteiger partial charge in [0.05, 0.1) is 0 Å². The molecule has 112 valence electrons. The van der Waals surface area contributed by atoms with Gasteiger partial charge in [-0.3, -0.25) is 0 Å². The minimum Gasteiger partial charge on any atom is -0.330 e. The van der Waals surface area contributed by atoms with Crippen molar-refractivity contribution in [2.45, 2.75) is 26.2 Å². The molecule has 0 atom stereocenters. The summed E-state index contributed by atoms with van der Waals surface area (Å²) in [5.41, 5.74) is 7.39. The summed E-state index contributed by atoms with van der Waals surface area (Å²) in [5.74, 6) is 0.528. The fourth-order valence-corrected chi connectivity index (χ4v) is 2.20. The number of aryl methyl sites for hydroxylation is 1. The summed E-state index contributed by atoms with van der Waals surface area (Å²) < 4.78 is 13.5. The van der Waals surface area contributed by atoms with Crippen LogP contribution < -0.4 is 10.6 Å². The zero-order valence-electron chi connectivity index (χ0n) is 12.3. The van der Waals surface area contributed by atoms with Crippen molar-refractivity contribution in [3.63, 3.8) is 0 Å². The van der Waals surface area contributed by atoms with Crippen molar-refractivity contribution in [2.24, 2.45) is 5.73 Å². The van der Waals surface area contributed by atoms with Gasteiger partial charge in [-0.2, -0.15) is 0 Å². The molecule has 0 aliphatic rings. The highest BCUT2D eigenvalue weighted by molar-refractivity contribution is 5.59. The lowest BCUT2D eigenvalue weighted by molar-refractivity contribution is 0.627. The summed E-state index contributed by atoms with van der Waals surface area (Å²) in [6, 6.07) is 8.49. The van der Waals surface area contributed by atoms with Gasteiger partial charge in [-0.1, -0.05) is 19.4 Å². The van der Waals surface area contributed by atoms with Crippen LogP contribution in [0.25, 0.3) is 0 Å². The van der Waals surface area contributed by atoms with Crippen molar-refractivity contribution in [1.29, 1.82) is 0 Å². The normalized spacial score (nSPS) is 10.6. The van der Waals surface area contributed by atoms with Crippen molar-refractivity contribution in [3.8, 4) is 0 Å². The van der Waals surface area contributed by atoms with E-state index >= 15 is 0 Å². The summed E-state index contributed by atoms with van der Waals surface area (Å²) in [5, 5.41) is 0. The van der Waals surface area contributed by atoms with Crippen LogP contribution in [0.5, 0.6) is 0 Å². The molecular weight excluding hydrogens is 267 g/mol. The average Bonchev–Trinajstić information content (AvgIpc) is 2.49. The van der Waals surface area contributed by atoms with Crippen LogP contribution in [0.3, 0.4) is 0 Å². The van der Waals surface area contributed by atoms with Gasteiger partial charge in [0.25, 0.3) is 0 Å². The third kappa shape index (κ3) is 4.23. The zero-order valence-corrected chi connectivity index (χ0v) is 12.3. The maximum atomic E-state index is 13.5. The predicted octanol–water partition coefficient (Wildman–Crippen LogP) is 3.06. The van der Waals surface area contributed by atoms with Crippen LogP contribution in [-0.2, 0) is 6.42 Å². The first-order valence-electron chi connectivity index (χ1n) is 7.28. The van der Waals surface area contributed by atoms with Gasteiger partial charge in [0.15, 0.2) is 0 Å². The minimum absolute atomic E-state index is 0.256. The van der Waals surface area contributed by atoms with E-state index in [1.54, 1.807) is 12.4 Å². The van der Waals surface area contributed by atoms with E-state index in [9.17, 15) is 4.39 Å². The van der Waals surface area contributed by atoms with Gasteiger partial charge in [0.1, 0.15) is 18.0 Å². The summed E-state index contributed by atoms with van der Waals surface area (Å²) in [6.07, 6.45) is 4.31. The number of benzene rings is 1. The molecule has 2 aromatic rings. The molecule has 0 saturated carbocycles. The Labute approximate surface area is 124 Å². The Balaban J connectivity index is 2.33. The molecule has 0 fully saturated rings. The first-order chi connectivity index (χ1) is 10.2. The Kier molecular flexibility index (Phi) is 5.63. The van der Waals surface area contributed by atoms with Crippen LogP contribution >= 0.6 is 0 Å². The molecule has 1 heterocycles. The second-order valence-electron chi connectivity index (χ2n) is 4.89. The number of anilines is 2. The van der Waals surface area contributed by atoms with E-state index in [-0.39, 0.29) is 5.82 Å². The Hall–Kier alpha value is -2.01. The van der Waals surface area contributed by atoms with Crippen LogP contribution in [0, 0.1) is 5.82 Å². The predicted molar refractivity (Wildman–Crippen MR) is 83.1 cm³/mol. The molecule has 0 unspecified atom stereocenters. The smallest absolute Gasteiger partial charge is 0.136 e. The van der Waals surface area contributed by atoms with Gasteiger partial charge >= 0.3 is 0 Å². The van der Waals surface area contributed by atoms with E-state index in [1.807, 2.05) is 17.0 Å². The SMILES string of the molecule is CCCc1cc(N(CCCN)c2cccc(F)c2)ncn1. The minimum atomic E-state index is -0.256. The maximum absolute atomic E-state index is 13.5. The molecule has 1 aromatic heterocycles. The molecule has 4 nitrogen and oxygen atoms in total. The van der Waals surface area contributed by atoms with Crippen molar-refractivity contribution in [3.05, 3.63) is 48.2 Å². The van der Waals surface area contributed by atoms with Crippen molar-refractivity contribution >= 4 is 11.5 Å². The lowest BCUT2D eigenvalue weighted by Crippen LogP contribution is -2.22. The third-order valence-electron chi connectivity index (χ3n) is 3.20. The molecule has 0 bridgehead atoms. The van der Waals surface area contributed by atoms with Crippen LogP contribution in [0.2, 0.25) is 0 Å². The quantitative estimate of drug-likeness (QED) is 0.850. The molecule has 1 aromatic carbocycles. The van der Waals surface area contributed by atoms with Gasteiger partial charge in [0.2, 0.25) is 0 Å². The third-order valence-corrected chi connectivity index (χ3v) is 3.20. The molecule has 0 spiro atoms. The van der Waals surface area contributed by atoms with Gasteiger partial charge in [-0.15, -0.1) is 0 Å². The molecule has 0 aliphatic carbocycles. The molecule has 0 amide bonds. The summed E-state index contributed by atoms with van der Waals surface area (Å²) >= 11 is 0. The average molecular weight is 288 g/mol. The number of nitrogens with two attached hydrogens (primary N) is 1. The number of nitrogens with zero attached hydrogens (tertiary/aromatic N) is 3. The Morgan fingerprint density at radius 1 is 1.24 bits per heavy atom. The molecule has 0 radical (unpaired) electrons. The van der Waals surface area contributed by atoms with Crippen LogP contribution in [0.15, 0.2) is 36.7 Å². The Morgan fingerprint density at radius 2 is 2.10 bits per heavy atom. The summed E-state index contributed by atoms with van der Waals surface area (Å²) in [7, 11) is 0. The standard InChI is InChI=1S/C16H21FN4/c1-2-5-14-11-16(20-12-19-14)21(9-4-8-18)15-7-3-6-13(17)10-15/h3,6-7,10-12H,2,4-5,8-9,18H2,1H3. The van der Waals surface area contributed by atoms with Crippen molar-refractivity contribution < 1.29 is 4.39 Å².